The number of carbonyl (C=O) groups excluding carboxylic acids is 1. The molecule has 0 unspecified atom stereocenters. The Morgan fingerprint density at radius 2 is 2.37 bits per heavy atom. The van der Waals surface area contributed by atoms with Crippen LogP contribution in [0.2, 0.25) is 0 Å². The Morgan fingerprint density at radius 1 is 1.58 bits per heavy atom. The minimum atomic E-state index is -0.501. The number of aryl methyl sites for hydroxylation is 1. The second-order valence-electron chi connectivity index (χ2n) is 3.75. The van der Waals surface area contributed by atoms with Crippen molar-refractivity contribution in [2.75, 3.05) is 6.61 Å². The number of carbonyl (C=O) groups is 1. The fourth-order valence-corrected chi connectivity index (χ4v) is 2.45. The van der Waals surface area contributed by atoms with Gasteiger partial charge >= 0.3 is 5.97 Å². The average Bonchev–Trinajstić information content (AvgIpc) is 2.96. The summed E-state index contributed by atoms with van der Waals surface area (Å²) in [5.74, 6) is -0.358. The number of aromatic nitrogens is 4. The summed E-state index contributed by atoms with van der Waals surface area (Å²) in [5.41, 5.74) is 1.59. The molecule has 0 fully saturated rings. The van der Waals surface area contributed by atoms with Gasteiger partial charge < -0.3 is 4.74 Å². The Kier molecular flexibility index (Phi) is 4.49. The van der Waals surface area contributed by atoms with Gasteiger partial charge in [-0.15, -0.1) is 28.0 Å². The van der Waals surface area contributed by atoms with E-state index in [0.29, 0.717) is 18.8 Å². The van der Waals surface area contributed by atoms with E-state index in [-0.39, 0.29) is 11.6 Å². The molecule has 0 saturated heterocycles. The van der Waals surface area contributed by atoms with Crippen LogP contribution < -0.4 is 0 Å². The predicted octanol–water partition coefficient (Wildman–Crippen LogP) is 2.01. The van der Waals surface area contributed by atoms with E-state index in [1.807, 2.05) is 12.3 Å². The van der Waals surface area contributed by atoms with Crippen LogP contribution in [0.5, 0.6) is 0 Å². The van der Waals surface area contributed by atoms with Gasteiger partial charge in [0.15, 0.2) is 5.69 Å². The molecular formula is C11H13ClN4O2S. The molecule has 2 heterocycles. The van der Waals surface area contributed by atoms with E-state index in [2.05, 4.69) is 15.3 Å². The number of ether oxygens (including phenoxy) is 1. The summed E-state index contributed by atoms with van der Waals surface area (Å²) in [6.45, 7) is 4.40. The number of esters is 1. The van der Waals surface area contributed by atoms with Crippen molar-refractivity contribution in [3.8, 4) is 0 Å². The zero-order valence-electron chi connectivity index (χ0n) is 10.6. The van der Waals surface area contributed by atoms with Gasteiger partial charge in [0.05, 0.1) is 35.4 Å². The van der Waals surface area contributed by atoms with Crippen molar-refractivity contribution in [2.24, 2.45) is 0 Å². The van der Waals surface area contributed by atoms with Crippen molar-refractivity contribution in [3.05, 3.63) is 27.5 Å². The molecule has 2 aromatic heterocycles. The molecule has 19 heavy (non-hydrogen) atoms. The topological polar surface area (TPSA) is 69.9 Å². The summed E-state index contributed by atoms with van der Waals surface area (Å²) in [4.78, 5) is 16.0. The SMILES string of the molecule is CCOC(=O)c1nnn(Cc2csc(C)n2)c1CCl. The lowest BCUT2D eigenvalue weighted by molar-refractivity contribution is 0.0518. The summed E-state index contributed by atoms with van der Waals surface area (Å²) in [6.07, 6.45) is 0. The van der Waals surface area contributed by atoms with Crippen LogP contribution in [0.1, 0.15) is 33.8 Å². The molecule has 0 spiro atoms. The second kappa shape index (κ2) is 6.12. The third-order valence-corrected chi connectivity index (χ3v) is 3.49. The molecule has 0 atom stereocenters. The van der Waals surface area contributed by atoms with Crippen molar-refractivity contribution in [1.29, 1.82) is 0 Å². The molecule has 102 valence electrons. The van der Waals surface area contributed by atoms with Gasteiger partial charge in [-0.1, -0.05) is 5.21 Å². The van der Waals surface area contributed by atoms with Crippen LogP contribution in [0.25, 0.3) is 0 Å². The number of nitrogens with zero attached hydrogens (tertiary/aromatic N) is 4. The predicted molar refractivity (Wildman–Crippen MR) is 71.5 cm³/mol. The highest BCUT2D eigenvalue weighted by Gasteiger charge is 2.20. The Labute approximate surface area is 119 Å². The largest absolute Gasteiger partial charge is 0.461 e. The highest BCUT2D eigenvalue weighted by molar-refractivity contribution is 7.09. The van der Waals surface area contributed by atoms with E-state index in [1.165, 1.54) is 0 Å². The van der Waals surface area contributed by atoms with Gasteiger partial charge in [-0.25, -0.2) is 14.5 Å². The lowest BCUT2D eigenvalue weighted by Crippen LogP contribution is -2.10. The number of halogens is 1. The third-order valence-electron chi connectivity index (χ3n) is 2.41. The van der Waals surface area contributed by atoms with Crippen LogP contribution in [0.15, 0.2) is 5.38 Å². The van der Waals surface area contributed by atoms with Crippen LogP contribution in [-0.4, -0.2) is 32.6 Å². The normalized spacial score (nSPS) is 10.7. The number of hydrogen-bond acceptors (Lipinski definition) is 6. The van der Waals surface area contributed by atoms with Crippen molar-refractivity contribution in [2.45, 2.75) is 26.3 Å². The molecule has 0 N–H and O–H groups in total. The standard InChI is InChI=1S/C11H13ClN4O2S/c1-3-18-11(17)10-9(4-12)16(15-14-10)5-8-6-19-7(2)13-8/h6H,3-5H2,1-2H3. The smallest absolute Gasteiger partial charge is 0.360 e. The summed E-state index contributed by atoms with van der Waals surface area (Å²) >= 11 is 7.43. The minimum Gasteiger partial charge on any atom is -0.461 e. The molecule has 0 aliphatic heterocycles. The molecule has 2 rings (SSSR count). The van der Waals surface area contributed by atoms with Crippen LogP contribution in [0.4, 0.5) is 0 Å². The first-order valence-electron chi connectivity index (χ1n) is 5.72. The molecule has 0 amide bonds. The van der Waals surface area contributed by atoms with E-state index in [9.17, 15) is 4.79 Å². The molecule has 0 aromatic carbocycles. The van der Waals surface area contributed by atoms with Crippen molar-refractivity contribution < 1.29 is 9.53 Å². The van der Waals surface area contributed by atoms with E-state index in [0.717, 1.165) is 10.7 Å². The maximum atomic E-state index is 11.7. The quantitative estimate of drug-likeness (QED) is 0.624. The summed E-state index contributed by atoms with van der Waals surface area (Å²) in [5, 5.41) is 10.7. The number of rotatable bonds is 5. The fourth-order valence-electron chi connectivity index (χ4n) is 1.58. The molecule has 0 radical (unpaired) electrons. The van der Waals surface area contributed by atoms with Gasteiger partial charge in [0.2, 0.25) is 0 Å². The Morgan fingerprint density at radius 3 is 2.95 bits per heavy atom. The Hall–Kier alpha value is -1.47. The molecule has 0 bridgehead atoms. The van der Waals surface area contributed by atoms with Crippen molar-refractivity contribution >= 4 is 28.9 Å². The number of hydrogen-bond donors (Lipinski definition) is 0. The first-order chi connectivity index (χ1) is 9.15. The highest BCUT2D eigenvalue weighted by atomic mass is 35.5. The molecule has 0 aliphatic carbocycles. The van der Waals surface area contributed by atoms with Gasteiger partial charge in [-0.05, 0) is 13.8 Å². The van der Waals surface area contributed by atoms with Crippen LogP contribution in [0, 0.1) is 6.92 Å². The van der Waals surface area contributed by atoms with Crippen molar-refractivity contribution in [3.63, 3.8) is 0 Å². The van der Waals surface area contributed by atoms with Gasteiger partial charge in [0.25, 0.3) is 0 Å². The molecule has 2 aromatic rings. The van der Waals surface area contributed by atoms with Gasteiger partial charge in [0.1, 0.15) is 0 Å². The highest BCUT2D eigenvalue weighted by Crippen LogP contribution is 2.14. The maximum absolute atomic E-state index is 11.7. The summed E-state index contributed by atoms with van der Waals surface area (Å²) in [6, 6.07) is 0. The first-order valence-corrected chi connectivity index (χ1v) is 7.13. The lowest BCUT2D eigenvalue weighted by atomic mass is 10.3. The first kappa shape index (κ1) is 14.0. The monoisotopic (exact) mass is 300 g/mol. The van der Waals surface area contributed by atoms with E-state index >= 15 is 0 Å². The second-order valence-corrected chi connectivity index (χ2v) is 5.08. The van der Waals surface area contributed by atoms with E-state index < -0.39 is 5.97 Å². The van der Waals surface area contributed by atoms with E-state index in [1.54, 1.807) is 22.9 Å². The Balaban J connectivity index is 2.24. The zero-order valence-corrected chi connectivity index (χ0v) is 12.2. The van der Waals surface area contributed by atoms with Crippen molar-refractivity contribution in [1.82, 2.24) is 20.0 Å². The number of alkyl halides is 1. The molecule has 6 nitrogen and oxygen atoms in total. The van der Waals surface area contributed by atoms with Gasteiger partial charge in [-0.2, -0.15) is 0 Å². The molecule has 8 heteroatoms. The third kappa shape index (κ3) is 3.10. The zero-order chi connectivity index (χ0) is 13.8. The molecule has 0 saturated carbocycles. The van der Waals surface area contributed by atoms with Crippen LogP contribution >= 0.6 is 22.9 Å². The Bertz CT molecular complexity index is 581. The van der Waals surface area contributed by atoms with Crippen LogP contribution in [0.3, 0.4) is 0 Å². The van der Waals surface area contributed by atoms with E-state index in [4.69, 9.17) is 16.3 Å². The molecular weight excluding hydrogens is 288 g/mol. The summed E-state index contributed by atoms with van der Waals surface area (Å²) in [7, 11) is 0. The van der Waals surface area contributed by atoms with Crippen LogP contribution in [-0.2, 0) is 17.2 Å². The van der Waals surface area contributed by atoms with Gasteiger partial charge in [-0.3, -0.25) is 0 Å². The maximum Gasteiger partial charge on any atom is 0.360 e. The summed E-state index contributed by atoms with van der Waals surface area (Å²) < 4.78 is 6.49. The molecule has 0 aliphatic rings. The fraction of sp³-hybridized carbons (Fsp3) is 0.455. The average molecular weight is 301 g/mol. The van der Waals surface area contributed by atoms with Gasteiger partial charge in [0, 0.05) is 5.38 Å². The lowest BCUT2D eigenvalue weighted by Gasteiger charge is -2.03. The number of thiazole rings is 1. The minimum absolute atomic E-state index is 0.143.